The summed E-state index contributed by atoms with van der Waals surface area (Å²) in [5.74, 6) is -0.133. The van der Waals surface area contributed by atoms with Gasteiger partial charge in [-0.1, -0.05) is 25.5 Å². The Labute approximate surface area is 193 Å². The van der Waals surface area contributed by atoms with Crippen LogP contribution in [0.3, 0.4) is 0 Å². The molecule has 0 radical (unpaired) electrons. The van der Waals surface area contributed by atoms with Gasteiger partial charge in [0.25, 0.3) is 5.91 Å². The summed E-state index contributed by atoms with van der Waals surface area (Å²) >= 11 is 0. The van der Waals surface area contributed by atoms with Crippen LogP contribution >= 0.6 is 0 Å². The topological polar surface area (TPSA) is 97.0 Å². The fourth-order valence-corrected chi connectivity index (χ4v) is 3.73. The lowest BCUT2D eigenvalue weighted by atomic mass is 9.94. The van der Waals surface area contributed by atoms with E-state index in [0.29, 0.717) is 40.4 Å². The number of carbonyl (C=O) groups excluding carboxylic acids is 3. The maximum absolute atomic E-state index is 12.8. The fourth-order valence-electron chi connectivity index (χ4n) is 3.73. The molecule has 174 valence electrons. The van der Waals surface area contributed by atoms with Gasteiger partial charge in [-0.05, 0) is 55.3 Å². The van der Waals surface area contributed by atoms with Gasteiger partial charge < -0.3 is 20.1 Å². The Hall–Kier alpha value is -3.81. The summed E-state index contributed by atoms with van der Waals surface area (Å²) < 4.78 is 10.1. The minimum atomic E-state index is -0.694. The van der Waals surface area contributed by atoms with E-state index in [1.54, 1.807) is 67.5 Å². The third kappa shape index (κ3) is 5.34. The Bertz CT molecular complexity index is 1060. The molecule has 3 amide bonds. The summed E-state index contributed by atoms with van der Waals surface area (Å²) in [5.41, 5.74) is 2.61. The number of methoxy groups -OCH3 is 2. The molecule has 0 aromatic heterocycles. The van der Waals surface area contributed by atoms with Crippen LogP contribution in [-0.2, 0) is 9.53 Å². The summed E-state index contributed by atoms with van der Waals surface area (Å²) in [5, 5.41) is 5.77. The predicted octanol–water partition coefficient (Wildman–Crippen LogP) is 4.26. The number of nitrogens with one attached hydrogen (secondary N) is 2. The number of urea groups is 1. The summed E-state index contributed by atoms with van der Waals surface area (Å²) in [6.45, 7) is 4.30. The normalized spacial score (nSPS) is 15.7. The van der Waals surface area contributed by atoms with E-state index in [1.165, 1.54) is 7.11 Å². The number of amides is 3. The van der Waals surface area contributed by atoms with Crippen LogP contribution in [0.15, 0.2) is 59.8 Å². The van der Waals surface area contributed by atoms with E-state index in [1.807, 2.05) is 6.92 Å². The summed E-state index contributed by atoms with van der Waals surface area (Å²) in [6.07, 6.45) is 1.74. The van der Waals surface area contributed by atoms with Crippen molar-refractivity contribution in [3.8, 4) is 5.75 Å². The van der Waals surface area contributed by atoms with E-state index in [-0.39, 0.29) is 11.9 Å². The smallest absolute Gasteiger partial charge is 0.337 e. The molecule has 0 spiro atoms. The molecule has 2 aromatic carbocycles. The van der Waals surface area contributed by atoms with Crippen LogP contribution in [0.4, 0.5) is 10.5 Å². The molecule has 3 rings (SSSR count). The monoisotopic (exact) mass is 451 g/mol. The van der Waals surface area contributed by atoms with E-state index >= 15 is 0 Å². The first-order chi connectivity index (χ1) is 15.9. The molecule has 0 saturated carbocycles. The number of hydrogen-bond acceptors (Lipinski definition) is 5. The number of unbranched alkanes of at least 4 members (excludes halogenated alkanes) is 1. The first-order valence-corrected chi connectivity index (χ1v) is 10.8. The van der Waals surface area contributed by atoms with E-state index < -0.39 is 12.0 Å². The SMILES string of the molecule is CCCCN1C(=O)NC(c2cccc(NC(=O)c3ccc(OC)cc3)c2)C(C(=O)OC)=C1C. The lowest BCUT2D eigenvalue weighted by Crippen LogP contribution is -2.48. The van der Waals surface area contributed by atoms with Gasteiger partial charge in [0, 0.05) is 23.5 Å². The quantitative estimate of drug-likeness (QED) is 0.585. The van der Waals surface area contributed by atoms with Crippen LogP contribution in [-0.4, -0.2) is 43.6 Å². The largest absolute Gasteiger partial charge is 0.497 e. The van der Waals surface area contributed by atoms with Crippen LogP contribution in [0.5, 0.6) is 5.75 Å². The highest BCUT2D eigenvalue weighted by Gasteiger charge is 2.36. The third-order valence-electron chi connectivity index (χ3n) is 5.57. The van der Waals surface area contributed by atoms with Gasteiger partial charge in [0.15, 0.2) is 0 Å². The number of rotatable bonds is 8. The van der Waals surface area contributed by atoms with Crippen molar-refractivity contribution >= 4 is 23.6 Å². The first kappa shape index (κ1) is 23.8. The molecule has 8 heteroatoms. The van der Waals surface area contributed by atoms with Crippen molar-refractivity contribution in [2.75, 3.05) is 26.1 Å². The molecule has 0 aliphatic carbocycles. The van der Waals surface area contributed by atoms with E-state index in [9.17, 15) is 14.4 Å². The average molecular weight is 452 g/mol. The van der Waals surface area contributed by atoms with Gasteiger partial charge in [-0.3, -0.25) is 9.69 Å². The van der Waals surface area contributed by atoms with Crippen LogP contribution in [0.2, 0.25) is 0 Å². The standard InChI is InChI=1S/C25H29N3O5/c1-5-6-14-28-16(2)21(24(30)33-4)22(27-25(28)31)18-8-7-9-19(15-18)26-23(29)17-10-12-20(32-3)13-11-17/h7-13,15,22H,5-6,14H2,1-4H3,(H,26,29)(H,27,31). The van der Waals surface area contributed by atoms with Crippen molar-refractivity contribution in [3.05, 3.63) is 70.9 Å². The first-order valence-electron chi connectivity index (χ1n) is 10.8. The van der Waals surface area contributed by atoms with E-state index in [0.717, 1.165) is 12.8 Å². The van der Waals surface area contributed by atoms with E-state index in [4.69, 9.17) is 9.47 Å². The Morgan fingerprint density at radius 2 is 1.85 bits per heavy atom. The predicted molar refractivity (Wildman–Crippen MR) is 125 cm³/mol. The highest BCUT2D eigenvalue weighted by atomic mass is 16.5. The van der Waals surface area contributed by atoms with Gasteiger partial charge in [-0.2, -0.15) is 0 Å². The average Bonchev–Trinajstić information content (AvgIpc) is 2.83. The Morgan fingerprint density at radius 1 is 1.12 bits per heavy atom. The molecule has 8 nitrogen and oxygen atoms in total. The minimum Gasteiger partial charge on any atom is -0.497 e. The summed E-state index contributed by atoms with van der Waals surface area (Å²) in [4.78, 5) is 39.7. The van der Waals surface area contributed by atoms with Crippen LogP contribution in [0.25, 0.3) is 0 Å². The number of benzene rings is 2. The number of esters is 1. The van der Waals surface area contributed by atoms with Gasteiger partial charge in [0.2, 0.25) is 0 Å². The molecule has 1 atom stereocenters. The number of hydrogen-bond donors (Lipinski definition) is 2. The second-order valence-corrected chi connectivity index (χ2v) is 7.69. The van der Waals surface area contributed by atoms with Crippen LogP contribution < -0.4 is 15.4 Å². The number of carbonyl (C=O) groups is 3. The van der Waals surface area contributed by atoms with Crippen molar-refractivity contribution < 1.29 is 23.9 Å². The van der Waals surface area contributed by atoms with Gasteiger partial charge in [0.1, 0.15) is 5.75 Å². The second-order valence-electron chi connectivity index (χ2n) is 7.69. The van der Waals surface area contributed by atoms with Crippen molar-refractivity contribution in [1.82, 2.24) is 10.2 Å². The van der Waals surface area contributed by atoms with Crippen molar-refractivity contribution in [3.63, 3.8) is 0 Å². The fraction of sp³-hybridized carbons (Fsp3) is 0.320. The third-order valence-corrected chi connectivity index (χ3v) is 5.57. The van der Waals surface area contributed by atoms with E-state index in [2.05, 4.69) is 10.6 Å². The lowest BCUT2D eigenvalue weighted by molar-refractivity contribution is -0.136. The second kappa shape index (κ2) is 10.7. The highest BCUT2D eigenvalue weighted by molar-refractivity contribution is 6.04. The maximum Gasteiger partial charge on any atom is 0.337 e. The Balaban J connectivity index is 1.89. The van der Waals surface area contributed by atoms with Crippen molar-refractivity contribution in [1.29, 1.82) is 0 Å². The highest BCUT2D eigenvalue weighted by Crippen LogP contribution is 2.32. The molecule has 1 heterocycles. The molecule has 0 bridgehead atoms. The van der Waals surface area contributed by atoms with Crippen LogP contribution in [0.1, 0.15) is 48.7 Å². The Morgan fingerprint density at radius 3 is 2.48 bits per heavy atom. The zero-order valence-corrected chi connectivity index (χ0v) is 19.3. The molecule has 1 aliphatic heterocycles. The zero-order chi connectivity index (χ0) is 24.0. The molecule has 0 saturated heterocycles. The molecule has 33 heavy (non-hydrogen) atoms. The van der Waals surface area contributed by atoms with Gasteiger partial charge in [-0.25, -0.2) is 9.59 Å². The minimum absolute atomic E-state index is 0.272. The number of ether oxygens (including phenoxy) is 2. The number of anilines is 1. The molecule has 1 unspecified atom stereocenters. The Kier molecular flexibility index (Phi) is 7.71. The van der Waals surface area contributed by atoms with Crippen molar-refractivity contribution in [2.45, 2.75) is 32.7 Å². The molecular formula is C25H29N3O5. The van der Waals surface area contributed by atoms with Crippen LogP contribution in [0, 0.1) is 0 Å². The summed E-state index contributed by atoms with van der Waals surface area (Å²) in [6, 6.07) is 12.9. The van der Waals surface area contributed by atoms with Crippen molar-refractivity contribution in [2.24, 2.45) is 0 Å². The molecular weight excluding hydrogens is 422 g/mol. The molecule has 2 aromatic rings. The molecule has 2 N–H and O–H groups in total. The molecule has 0 fully saturated rings. The molecule has 1 aliphatic rings. The van der Waals surface area contributed by atoms with Gasteiger partial charge in [-0.15, -0.1) is 0 Å². The van der Waals surface area contributed by atoms with Gasteiger partial charge in [0.05, 0.1) is 25.8 Å². The number of allylic oxidation sites excluding steroid dienone is 1. The van der Waals surface area contributed by atoms with Gasteiger partial charge >= 0.3 is 12.0 Å². The number of nitrogens with zero attached hydrogens (tertiary/aromatic N) is 1. The maximum atomic E-state index is 12.8. The zero-order valence-electron chi connectivity index (χ0n) is 19.3. The summed E-state index contributed by atoms with van der Waals surface area (Å²) in [7, 11) is 2.88. The lowest BCUT2D eigenvalue weighted by Gasteiger charge is -2.35.